The van der Waals surface area contributed by atoms with E-state index in [0.29, 0.717) is 40.3 Å². The maximum atomic E-state index is 13.5. The number of ketones is 1. The van der Waals surface area contributed by atoms with Crippen molar-refractivity contribution in [3.63, 3.8) is 0 Å². The quantitative estimate of drug-likeness (QED) is 0.275. The second-order valence-electron chi connectivity index (χ2n) is 9.71. The minimum absolute atomic E-state index is 0.0253. The Hall–Kier alpha value is -2.97. The van der Waals surface area contributed by atoms with Gasteiger partial charge in [-0.15, -0.1) is 0 Å². The molecular formula is C28H31N3O4S. The van der Waals surface area contributed by atoms with Gasteiger partial charge in [-0.1, -0.05) is 54.4 Å². The van der Waals surface area contributed by atoms with Gasteiger partial charge >= 0.3 is 0 Å². The number of rotatable bonds is 8. The Bertz CT molecular complexity index is 1320. The fourth-order valence-corrected chi connectivity index (χ4v) is 5.80. The second-order valence-corrected chi connectivity index (χ2v) is 10.7. The van der Waals surface area contributed by atoms with Crippen LogP contribution in [0.1, 0.15) is 64.8 Å². The lowest BCUT2D eigenvalue weighted by Gasteiger charge is -2.17. The highest BCUT2D eigenvalue weighted by atomic mass is 32.2. The van der Waals surface area contributed by atoms with Crippen LogP contribution in [0.4, 0.5) is 0 Å². The fraction of sp³-hybridized carbons (Fsp3) is 0.429. The maximum absolute atomic E-state index is 13.5. The third-order valence-corrected chi connectivity index (χ3v) is 7.97. The van der Waals surface area contributed by atoms with Crippen molar-refractivity contribution in [1.29, 1.82) is 0 Å². The molecular weight excluding hydrogens is 474 g/mol. The van der Waals surface area contributed by atoms with Crippen molar-refractivity contribution >= 4 is 34.4 Å². The molecule has 1 aliphatic carbocycles. The van der Waals surface area contributed by atoms with E-state index in [2.05, 4.69) is 5.32 Å². The molecule has 0 spiro atoms. The van der Waals surface area contributed by atoms with Gasteiger partial charge in [-0.2, -0.15) is 0 Å². The van der Waals surface area contributed by atoms with Gasteiger partial charge in [0.2, 0.25) is 0 Å². The molecule has 188 valence electrons. The Morgan fingerprint density at radius 3 is 2.53 bits per heavy atom. The molecule has 1 amide bonds. The first-order chi connectivity index (χ1) is 17.5. The number of hydrogen-bond acceptors (Lipinski definition) is 6. The van der Waals surface area contributed by atoms with E-state index < -0.39 is 0 Å². The van der Waals surface area contributed by atoms with Gasteiger partial charge < -0.3 is 10.1 Å². The summed E-state index contributed by atoms with van der Waals surface area (Å²) in [6, 6.07) is 12.7. The number of carbonyl (C=O) groups is 2. The van der Waals surface area contributed by atoms with Crippen LogP contribution in [-0.2, 0) is 11.3 Å². The zero-order valence-electron chi connectivity index (χ0n) is 20.5. The molecule has 1 saturated heterocycles. The number of hydrogen-bond donors (Lipinski definition) is 1. The van der Waals surface area contributed by atoms with E-state index in [9.17, 15) is 14.4 Å². The summed E-state index contributed by atoms with van der Waals surface area (Å²) >= 11 is 1.25. The van der Waals surface area contributed by atoms with Crippen molar-refractivity contribution < 1.29 is 14.3 Å². The number of carbonyl (C=O) groups excluding carboxylic acids is 2. The summed E-state index contributed by atoms with van der Waals surface area (Å²) in [5, 5.41) is 4.02. The van der Waals surface area contributed by atoms with Crippen LogP contribution < -0.4 is 10.9 Å². The van der Waals surface area contributed by atoms with E-state index >= 15 is 0 Å². The number of Topliss-reactive ketones (excluding diaryl/α,β-unsaturated/α-hetero) is 1. The largest absolute Gasteiger partial charge is 0.376 e. The molecule has 1 atom stereocenters. The predicted molar refractivity (Wildman–Crippen MR) is 141 cm³/mol. The van der Waals surface area contributed by atoms with Crippen molar-refractivity contribution in [3.8, 4) is 0 Å². The Morgan fingerprint density at radius 1 is 1.06 bits per heavy atom. The minimum atomic E-state index is -0.177. The molecule has 7 nitrogen and oxygen atoms in total. The number of fused-ring (bicyclic) bond motifs is 1. The summed E-state index contributed by atoms with van der Waals surface area (Å²) in [5.74, 6) is -0.00502. The summed E-state index contributed by atoms with van der Waals surface area (Å²) < 4.78 is 7.41. The summed E-state index contributed by atoms with van der Waals surface area (Å²) in [6.45, 7) is 3.06. The van der Waals surface area contributed by atoms with Crippen molar-refractivity contribution in [2.45, 2.75) is 69.3 Å². The zero-order chi connectivity index (χ0) is 25.1. The molecule has 2 aromatic carbocycles. The first-order valence-corrected chi connectivity index (χ1v) is 13.7. The summed E-state index contributed by atoms with van der Waals surface area (Å²) in [4.78, 5) is 43.9. The standard InChI is InChI=1S/C28H31N3O4S/c1-18-8-10-19(11-9-18)25(32)17-36-28-30-24-15-20(26(33)29-21-5-2-3-6-21)12-13-23(24)27(34)31(28)16-22-7-4-14-35-22/h8-13,15,21-22H,2-7,14,16-17H2,1H3,(H,29,33)/t22-/m0/s1. The van der Waals surface area contributed by atoms with Crippen LogP contribution in [0.5, 0.6) is 0 Å². The SMILES string of the molecule is Cc1ccc(C(=O)CSc2nc3cc(C(=O)NC4CCCC4)ccc3c(=O)n2C[C@@H]2CCCO2)cc1. The van der Waals surface area contributed by atoms with E-state index in [-0.39, 0.29) is 35.1 Å². The minimum Gasteiger partial charge on any atom is -0.376 e. The fourth-order valence-electron chi connectivity index (χ4n) is 4.90. The Morgan fingerprint density at radius 2 is 1.81 bits per heavy atom. The Balaban J connectivity index is 1.44. The normalized spacial score (nSPS) is 18.1. The van der Waals surface area contributed by atoms with E-state index in [0.717, 1.165) is 44.1 Å². The number of nitrogens with one attached hydrogen (secondary N) is 1. The van der Waals surface area contributed by atoms with Gasteiger partial charge in [0.05, 0.1) is 29.3 Å². The highest BCUT2D eigenvalue weighted by Gasteiger charge is 2.22. The molecule has 8 heteroatoms. The molecule has 1 aromatic heterocycles. The Labute approximate surface area is 214 Å². The van der Waals surface area contributed by atoms with Crippen molar-refractivity contribution in [1.82, 2.24) is 14.9 Å². The molecule has 0 radical (unpaired) electrons. The van der Waals surface area contributed by atoms with Gasteiger partial charge in [0.1, 0.15) is 0 Å². The molecule has 1 N–H and O–H groups in total. The maximum Gasteiger partial charge on any atom is 0.262 e. The summed E-state index contributed by atoms with van der Waals surface area (Å²) in [7, 11) is 0. The van der Waals surface area contributed by atoms with Crippen LogP contribution in [0.3, 0.4) is 0 Å². The summed E-state index contributed by atoms with van der Waals surface area (Å²) in [5.41, 5.74) is 2.50. The highest BCUT2D eigenvalue weighted by Crippen LogP contribution is 2.23. The van der Waals surface area contributed by atoms with Crippen LogP contribution >= 0.6 is 11.8 Å². The molecule has 2 aliphatic rings. The Kier molecular flexibility index (Phi) is 7.53. The zero-order valence-corrected chi connectivity index (χ0v) is 21.3. The molecule has 0 bridgehead atoms. The van der Waals surface area contributed by atoms with E-state index in [1.54, 1.807) is 22.8 Å². The number of benzene rings is 2. The van der Waals surface area contributed by atoms with Crippen LogP contribution in [0.15, 0.2) is 52.4 Å². The summed E-state index contributed by atoms with van der Waals surface area (Å²) in [6.07, 6.45) is 6.08. The first kappa shape index (κ1) is 24.7. The smallest absolute Gasteiger partial charge is 0.262 e. The average molecular weight is 506 g/mol. The molecule has 5 rings (SSSR count). The van der Waals surface area contributed by atoms with Crippen molar-refractivity contribution in [3.05, 3.63) is 69.5 Å². The third kappa shape index (κ3) is 5.55. The van der Waals surface area contributed by atoms with Gasteiger partial charge in [0.15, 0.2) is 10.9 Å². The predicted octanol–water partition coefficient (Wildman–Crippen LogP) is 4.53. The van der Waals surface area contributed by atoms with Gasteiger partial charge in [0.25, 0.3) is 11.5 Å². The van der Waals surface area contributed by atoms with Gasteiger partial charge in [-0.05, 0) is 50.8 Å². The van der Waals surface area contributed by atoms with E-state index in [1.807, 2.05) is 31.2 Å². The van der Waals surface area contributed by atoms with Crippen LogP contribution in [0.25, 0.3) is 10.9 Å². The number of thioether (sulfide) groups is 1. The van der Waals surface area contributed by atoms with E-state index in [4.69, 9.17) is 9.72 Å². The number of amides is 1. The number of aromatic nitrogens is 2. The van der Waals surface area contributed by atoms with Crippen LogP contribution in [-0.4, -0.2) is 45.7 Å². The third-order valence-electron chi connectivity index (χ3n) is 6.99. The van der Waals surface area contributed by atoms with Crippen molar-refractivity contribution in [2.75, 3.05) is 12.4 Å². The molecule has 0 unspecified atom stereocenters. The van der Waals surface area contributed by atoms with Crippen molar-refractivity contribution in [2.24, 2.45) is 0 Å². The lowest BCUT2D eigenvalue weighted by Crippen LogP contribution is -2.32. The average Bonchev–Trinajstić information content (AvgIpc) is 3.59. The molecule has 1 saturated carbocycles. The van der Waals surface area contributed by atoms with Gasteiger partial charge in [0, 0.05) is 23.8 Å². The lowest BCUT2D eigenvalue weighted by molar-refractivity contribution is 0.0935. The molecule has 1 aliphatic heterocycles. The number of nitrogens with zero attached hydrogens (tertiary/aromatic N) is 2. The monoisotopic (exact) mass is 505 g/mol. The van der Waals surface area contributed by atoms with Crippen LogP contribution in [0, 0.1) is 6.92 Å². The van der Waals surface area contributed by atoms with E-state index in [1.165, 1.54) is 11.8 Å². The molecule has 2 fully saturated rings. The second kappa shape index (κ2) is 11.0. The lowest BCUT2D eigenvalue weighted by atomic mass is 10.1. The number of ether oxygens (including phenoxy) is 1. The highest BCUT2D eigenvalue weighted by molar-refractivity contribution is 7.99. The van der Waals surface area contributed by atoms with Gasteiger partial charge in [-0.3, -0.25) is 19.0 Å². The first-order valence-electron chi connectivity index (χ1n) is 12.7. The molecule has 36 heavy (non-hydrogen) atoms. The molecule has 3 aromatic rings. The van der Waals surface area contributed by atoms with Gasteiger partial charge in [-0.25, -0.2) is 4.98 Å². The number of aryl methyl sites for hydroxylation is 1. The topological polar surface area (TPSA) is 90.3 Å². The molecule has 2 heterocycles. The van der Waals surface area contributed by atoms with Crippen LogP contribution in [0.2, 0.25) is 0 Å².